The summed E-state index contributed by atoms with van der Waals surface area (Å²) in [5, 5.41) is 12.6. The van der Waals surface area contributed by atoms with Crippen molar-refractivity contribution in [1.82, 2.24) is 0 Å². The molecule has 7 nitrogen and oxygen atoms in total. The van der Waals surface area contributed by atoms with Crippen LogP contribution in [-0.4, -0.2) is 12.1 Å². The quantitative estimate of drug-likeness (QED) is 0.168. The highest BCUT2D eigenvalue weighted by Gasteiger charge is 2.15. The lowest BCUT2D eigenvalue weighted by molar-refractivity contribution is 0.261. The van der Waals surface area contributed by atoms with Gasteiger partial charge in [0.2, 0.25) is 0 Å². The normalized spacial score (nSPS) is 10.5. The number of carbonyl (C=O) groups excluding carboxylic acids is 2. The number of halogens is 6. The van der Waals surface area contributed by atoms with Crippen molar-refractivity contribution in [1.29, 1.82) is 0 Å². The molecule has 4 rings (SSSR count). The summed E-state index contributed by atoms with van der Waals surface area (Å²) >= 11 is 36.2. The molecule has 39 heavy (non-hydrogen) atoms. The number of hydrogen-bond acceptors (Lipinski definition) is 3. The highest BCUT2D eigenvalue weighted by Crippen LogP contribution is 2.37. The molecule has 0 fully saturated rings. The number of amides is 4. The van der Waals surface area contributed by atoms with E-state index in [-0.39, 0.29) is 32.9 Å². The van der Waals surface area contributed by atoms with Crippen LogP contribution in [0.5, 0.6) is 11.5 Å². The van der Waals surface area contributed by atoms with Gasteiger partial charge in [0.05, 0.1) is 31.5 Å². The Morgan fingerprint density at radius 2 is 0.897 bits per heavy atom. The molecule has 0 atom stereocenters. The largest absolute Gasteiger partial charge is 0.453 e. The van der Waals surface area contributed by atoms with Crippen molar-refractivity contribution >= 4 is 104 Å². The topological polar surface area (TPSA) is 91.5 Å². The maximum absolute atomic E-state index is 12.7. The fourth-order valence-corrected chi connectivity index (χ4v) is 4.15. The Bertz CT molecular complexity index is 1450. The van der Waals surface area contributed by atoms with Crippen LogP contribution < -0.4 is 26.0 Å². The summed E-state index contributed by atoms with van der Waals surface area (Å²) in [6.45, 7) is 0. The summed E-state index contributed by atoms with van der Waals surface area (Å²) in [6.07, 6.45) is 0. The van der Waals surface area contributed by atoms with Gasteiger partial charge in [0.1, 0.15) is 0 Å². The van der Waals surface area contributed by atoms with Crippen molar-refractivity contribution in [3.63, 3.8) is 0 Å². The minimum atomic E-state index is -0.587. The van der Waals surface area contributed by atoms with Crippen LogP contribution in [0.15, 0.2) is 72.8 Å². The maximum atomic E-state index is 12.7. The second-order valence-electron chi connectivity index (χ2n) is 7.80. The molecular weight excluding hydrogens is 629 g/mol. The van der Waals surface area contributed by atoms with E-state index in [9.17, 15) is 9.59 Å². The van der Waals surface area contributed by atoms with Crippen LogP contribution in [0.25, 0.3) is 0 Å². The number of nitrogens with one attached hydrogen (secondary N) is 4. The lowest BCUT2D eigenvalue weighted by Crippen LogP contribution is -2.20. The molecule has 0 radical (unpaired) electrons. The summed E-state index contributed by atoms with van der Waals surface area (Å²) in [5.74, 6) is 0.470. The summed E-state index contributed by atoms with van der Waals surface area (Å²) in [7, 11) is 0. The second kappa shape index (κ2) is 12.9. The molecule has 0 aliphatic rings. The van der Waals surface area contributed by atoms with Gasteiger partial charge in [-0.05, 0) is 72.8 Å². The van der Waals surface area contributed by atoms with E-state index in [1.54, 1.807) is 48.5 Å². The number of urea groups is 2. The van der Waals surface area contributed by atoms with Crippen LogP contribution in [-0.2, 0) is 0 Å². The lowest BCUT2D eigenvalue weighted by Gasteiger charge is -2.17. The summed E-state index contributed by atoms with van der Waals surface area (Å²) in [5.41, 5.74) is 1.34. The molecular formula is C26H16Cl6N4O3. The lowest BCUT2D eigenvalue weighted by atomic mass is 10.2. The predicted octanol–water partition coefficient (Wildman–Crippen LogP) is 10.7. The van der Waals surface area contributed by atoms with Crippen molar-refractivity contribution in [2.45, 2.75) is 0 Å². The molecule has 200 valence electrons. The van der Waals surface area contributed by atoms with Gasteiger partial charge in [-0.25, -0.2) is 9.59 Å². The van der Waals surface area contributed by atoms with Crippen molar-refractivity contribution in [3.8, 4) is 11.5 Å². The average molecular weight is 645 g/mol. The van der Waals surface area contributed by atoms with Gasteiger partial charge in [-0.1, -0.05) is 69.6 Å². The molecule has 4 aromatic carbocycles. The Morgan fingerprint density at radius 3 is 1.28 bits per heavy atom. The van der Waals surface area contributed by atoms with Crippen molar-refractivity contribution in [2.24, 2.45) is 0 Å². The van der Waals surface area contributed by atoms with Crippen LogP contribution in [0.2, 0.25) is 30.1 Å². The van der Waals surface area contributed by atoms with E-state index >= 15 is 0 Å². The molecule has 0 heterocycles. The van der Waals surface area contributed by atoms with Crippen molar-refractivity contribution in [2.75, 3.05) is 21.3 Å². The van der Waals surface area contributed by atoms with Gasteiger partial charge >= 0.3 is 12.1 Å². The molecule has 0 bridgehead atoms. The molecule has 4 N–H and O–H groups in total. The average Bonchev–Trinajstić information content (AvgIpc) is 2.86. The molecule has 0 spiro atoms. The Balaban J connectivity index is 1.52. The fraction of sp³-hybridized carbons (Fsp3) is 0. The zero-order valence-electron chi connectivity index (χ0n) is 19.4. The molecule has 0 saturated heterocycles. The first kappa shape index (κ1) is 29.0. The number of hydrogen-bond donors (Lipinski definition) is 4. The van der Waals surface area contributed by atoms with Gasteiger partial charge < -0.3 is 26.0 Å². The Labute approximate surface area is 253 Å². The van der Waals surface area contributed by atoms with Crippen molar-refractivity contribution < 1.29 is 14.3 Å². The third-order valence-corrected chi connectivity index (χ3v) is 6.90. The fourth-order valence-electron chi connectivity index (χ4n) is 3.21. The van der Waals surface area contributed by atoms with E-state index in [0.29, 0.717) is 31.5 Å². The summed E-state index contributed by atoms with van der Waals surface area (Å²) in [4.78, 5) is 25.3. The first-order valence-corrected chi connectivity index (χ1v) is 13.2. The number of rotatable bonds is 6. The maximum Gasteiger partial charge on any atom is 0.323 e. The number of carbonyl (C=O) groups is 2. The zero-order valence-corrected chi connectivity index (χ0v) is 24.0. The Kier molecular flexibility index (Phi) is 9.56. The highest BCUT2D eigenvalue weighted by molar-refractivity contribution is 6.42. The summed E-state index contributed by atoms with van der Waals surface area (Å²) < 4.78 is 6.04. The minimum absolute atomic E-state index is 0.235. The van der Waals surface area contributed by atoms with Crippen LogP contribution in [0, 0.1) is 0 Å². The van der Waals surface area contributed by atoms with Gasteiger partial charge in [-0.15, -0.1) is 0 Å². The Hall–Kier alpha value is -3.04. The van der Waals surface area contributed by atoms with Gasteiger partial charge in [0.25, 0.3) is 0 Å². The molecule has 0 aliphatic carbocycles. The van der Waals surface area contributed by atoms with Crippen LogP contribution in [0.4, 0.5) is 32.3 Å². The SMILES string of the molecule is O=C(Nc1ccc(Cl)c(Cl)c1)Nc1cc(Cl)ccc1Oc1ccc(Cl)cc1NC(=O)Nc1ccc(Cl)c(Cl)c1. The molecule has 13 heteroatoms. The minimum Gasteiger partial charge on any atom is -0.453 e. The van der Waals surface area contributed by atoms with E-state index in [2.05, 4.69) is 21.3 Å². The molecule has 4 amide bonds. The van der Waals surface area contributed by atoms with Gasteiger partial charge in [-0.3, -0.25) is 0 Å². The van der Waals surface area contributed by atoms with Gasteiger partial charge in [0, 0.05) is 21.4 Å². The number of ether oxygens (including phenoxy) is 1. The van der Waals surface area contributed by atoms with Crippen LogP contribution in [0.1, 0.15) is 0 Å². The van der Waals surface area contributed by atoms with E-state index in [4.69, 9.17) is 74.3 Å². The van der Waals surface area contributed by atoms with E-state index < -0.39 is 12.1 Å². The molecule has 4 aromatic rings. The van der Waals surface area contributed by atoms with E-state index in [1.165, 1.54) is 24.3 Å². The highest BCUT2D eigenvalue weighted by atomic mass is 35.5. The number of benzene rings is 4. The van der Waals surface area contributed by atoms with E-state index in [0.717, 1.165) is 0 Å². The van der Waals surface area contributed by atoms with E-state index in [1.807, 2.05) is 0 Å². The molecule has 0 aromatic heterocycles. The monoisotopic (exact) mass is 642 g/mol. The first-order valence-electron chi connectivity index (χ1n) is 10.9. The van der Waals surface area contributed by atoms with Crippen LogP contribution >= 0.6 is 69.6 Å². The zero-order chi connectivity index (χ0) is 28.1. The second-order valence-corrected chi connectivity index (χ2v) is 10.3. The first-order chi connectivity index (χ1) is 18.6. The molecule has 0 saturated carbocycles. The standard InChI is InChI=1S/C26H16Cl6N4O3/c27-13-1-7-23(21(9-13)35-25(37)33-15-3-5-17(29)19(31)11-15)39-24-8-2-14(28)10-22(24)36-26(38)34-16-4-6-18(30)20(32)12-16/h1-12H,(H2,33,35,37)(H2,34,36,38). The van der Waals surface area contributed by atoms with Gasteiger partial charge in [0.15, 0.2) is 11.5 Å². The van der Waals surface area contributed by atoms with Crippen LogP contribution in [0.3, 0.4) is 0 Å². The van der Waals surface area contributed by atoms with Gasteiger partial charge in [-0.2, -0.15) is 0 Å². The van der Waals surface area contributed by atoms with Crippen molar-refractivity contribution in [3.05, 3.63) is 103 Å². The number of anilines is 4. The Morgan fingerprint density at radius 1 is 0.487 bits per heavy atom. The summed E-state index contributed by atoms with van der Waals surface area (Å²) in [6, 6.07) is 17.4. The third-order valence-electron chi connectivity index (χ3n) is 4.95. The smallest absolute Gasteiger partial charge is 0.323 e. The third kappa shape index (κ3) is 7.99. The molecule has 0 unspecified atom stereocenters. The molecule has 0 aliphatic heterocycles. The predicted molar refractivity (Wildman–Crippen MR) is 161 cm³/mol.